The molecule has 0 aliphatic carbocycles. The van der Waals surface area contributed by atoms with E-state index in [4.69, 9.17) is 14.6 Å². The Kier molecular flexibility index (Phi) is 5.53. The van der Waals surface area contributed by atoms with Crippen molar-refractivity contribution in [1.82, 2.24) is 15.0 Å². The minimum atomic E-state index is -2.78. The Hall–Kier alpha value is -3.21. The normalized spacial score (nSPS) is 13.0. The fourth-order valence-electron chi connectivity index (χ4n) is 2.83. The summed E-state index contributed by atoms with van der Waals surface area (Å²) in [7, 11) is -1.22. The zero-order valence-corrected chi connectivity index (χ0v) is 17.7. The summed E-state index contributed by atoms with van der Waals surface area (Å²) in [5.74, 6) is 5.21. The van der Waals surface area contributed by atoms with Gasteiger partial charge >= 0.3 is 0 Å². The molecule has 30 heavy (non-hydrogen) atoms. The van der Waals surface area contributed by atoms with Crippen molar-refractivity contribution in [3.8, 4) is 11.5 Å². The van der Waals surface area contributed by atoms with Gasteiger partial charge in [0.1, 0.15) is 18.8 Å². The smallest absolute Gasteiger partial charge is 0.188 e. The monoisotopic (exact) mass is 441 g/mol. The number of nitrogens with two attached hydrogens (primary N) is 1. The Morgan fingerprint density at radius 3 is 2.80 bits per heavy atom. The van der Waals surface area contributed by atoms with Gasteiger partial charge < -0.3 is 14.8 Å². The first kappa shape index (κ1) is 20.1. The summed E-state index contributed by atoms with van der Waals surface area (Å²) in [6, 6.07) is 10.7. The maximum atomic E-state index is 12.0. The Bertz CT molecular complexity index is 1290. The van der Waals surface area contributed by atoms with E-state index in [0.29, 0.717) is 27.7 Å². The predicted molar refractivity (Wildman–Crippen MR) is 120 cm³/mol. The van der Waals surface area contributed by atoms with Gasteiger partial charge in [0.05, 0.1) is 22.3 Å². The van der Waals surface area contributed by atoms with Crippen LogP contribution in [-0.4, -0.2) is 32.1 Å². The van der Waals surface area contributed by atoms with Crippen LogP contribution in [0.1, 0.15) is 5.56 Å². The van der Waals surface area contributed by atoms with Crippen LogP contribution in [0.15, 0.2) is 59.2 Å². The Balaban J connectivity index is 1.63. The molecule has 0 amide bonds. The van der Waals surface area contributed by atoms with Crippen molar-refractivity contribution in [2.75, 3.05) is 12.4 Å². The second-order valence-corrected chi connectivity index (χ2v) is 9.19. The van der Waals surface area contributed by atoms with Gasteiger partial charge in [-0.2, -0.15) is 0 Å². The zero-order chi connectivity index (χ0) is 21.1. The molecule has 1 unspecified atom stereocenters. The van der Waals surface area contributed by atoms with E-state index in [1.807, 2.05) is 17.5 Å². The van der Waals surface area contributed by atoms with Crippen molar-refractivity contribution in [2.45, 2.75) is 11.5 Å². The number of fused-ring (bicyclic) bond motifs is 1. The number of anilines is 2. The summed E-state index contributed by atoms with van der Waals surface area (Å²) in [6.45, 7) is 0.237. The number of nitrogens with one attached hydrogen (secondary N) is 1. The lowest BCUT2D eigenvalue weighted by molar-refractivity contribution is 0.285. The zero-order valence-electron chi connectivity index (χ0n) is 16.1. The molecule has 2 aromatic carbocycles. The minimum absolute atomic E-state index is 0.237. The highest BCUT2D eigenvalue weighted by molar-refractivity contribution is 7.98. The third-order valence-corrected chi connectivity index (χ3v) is 6.01. The summed E-state index contributed by atoms with van der Waals surface area (Å²) < 4.78 is 23.5. The van der Waals surface area contributed by atoms with Gasteiger partial charge in [0, 0.05) is 27.9 Å². The van der Waals surface area contributed by atoms with Gasteiger partial charge in [-0.1, -0.05) is 12.1 Å². The number of nitrogens with zero attached hydrogens (tertiary/aromatic N) is 3. The van der Waals surface area contributed by atoms with E-state index in [-0.39, 0.29) is 6.61 Å². The molecule has 0 radical (unpaired) electrons. The first-order chi connectivity index (χ1) is 14.4. The number of benzene rings is 2. The number of thiazole rings is 1. The molecule has 154 valence electrons. The number of ether oxygens (including phenoxy) is 2. The Morgan fingerprint density at radius 2 is 2.07 bits per heavy atom. The van der Waals surface area contributed by atoms with Gasteiger partial charge in [-0.05, 0) is 29.6 Å². The number of aromatic nitrogens is 3. The van der Waals surface area contributed by atoms with Crippen LogP contribution in [0, 0.1) is 0 Å². The highest BCUT2D eigenvalue weighted by atomic mass is 32.2. The molecule has 0 aliphatic rings. The summed E-state index contributed by atoms with van der Waals surface area (Å²) in [5, 5.41) is 12.2. The van der Waals surface area contributed by atoms with Crippen molar-refractivity contribution in [3.05, 3.63) is 59.9 Å². The molecule has 0 fully saturated rings. The van der Waals surface area contributed by atoms with Crippen LogP contribution in [0.3, 0.4) is 0 Å². The van der Waals surface area contributed by atoms with Crippen LogP contribution in [0.5, 0.6) is 11.5 Å². The van der Waals surface area contributed by atoms with Gasteiger partial charge in [0.15, 0.2) is 16.6 Å². The Morgan fingerprint density at radius 1 is 1.20 bits per heavy atom. The number of hydrogen-bond donors (Lipinski definition) is 2. The van der Waals surface area contributed by atoms with Crippen molar-refractivity contribution in [3.63, 3.8) is 0 Å². The minimum Gasteiger partial charge on any atom is -0.493 e. The largest absolute Gasteiger partial charge is 0.493 e. The van der Waals surface area contributed by atoms with Gasteiger partial charge in [-0.15, -0.1) is 11.3 Å². The molecule has 0 spiro atoms. The first-order valence-corrected chi connectivity index (χ1v) is 11.5. The molecule has 2 aromatic heterocycles. The van der Waals surface area contributed by atoms with Crippen molar-refractivity contribution in [2.24, 2.45) is 5.14 Å². The predicted octanol–water partition coefficient (Wildman–Crippen LogP) is 3.37. The quantitative estimate of drug-likeness (QED) is 0.423. The lowest BCUT2D eigenvalue weighted by atomic mass is 10.2. The second-order valence-electron chi connectivity index (χ2n) is 6.37. The molecule has 3 N–H and O–H groups in total. The Labute approximate surface area is 177 Å². The van der Waals surface area contributed by atoms with Crippen LogP contribution in [-0.2, 0) is 16.3 Å². The summed E-state index contributed by atoms with van der Waals surface area (Å²) >= 11 is 1.48. The van der Waals surface area contributed by atoms with Crippen LogP contribution < -0.4 is 19.9 Å². The van der Waals surface area contributed by atoms with Gasteiger partial charge in [0.2, 0.25) is 0 Å². The molecular formula is C20H19N5O3S2. The van der Waals surface area contributed by atoms with Crippen LogP contribution in [0.25, 0.3) is 10.9 Å². The van der Waals surface area contributed by atoms with E-state index in [0.717, 1.165) is 16.1 Å². The maximum Gasteiger partial charge on any atom is 0.188 e. The molecule has 4 rings (SSSR count). The van der Waals surface area contributed by atoms with Crippen LogP contribution in [0.2, 0.25) is 0 Å². The third-order valence-electron chi connectivity index (χ3n) is 4.27. The number of hydrogen-bond acceptors (Lipinski definition) is 8. The summed E-state index contributed by atoms with van der Waals surface area (Å²) in [4.78, 5) is 13.4. The molecule has 0 bridgehead atoms. The van der Waals surface area contributed by atoms with Crippen molar-refractivity contribution >= 4 is 48.8 Å². The van der Waals surface area contributed by atoms with E-state index in [1.54, 1.807) is 37.6 Å². The highest BCUT2D eigenvalue weighted by Crippen LogP contribution is 2.35. The standard InChI is InChI=1S/C20H19N5O3S2/c1-27-17-9-15-16(23-12-24-19(15)25-20-22-6-7-29-20)10-18(17)28-11-13-4-3-5-14(8-13)30(2,21)26/h3-10,12H,2,11H2,1H3,(H2,21,26)(H,22,23,24,25). The molecule has 0 aliphatic heterocycles. The molecule has 10 heteroatoms. The average molecular weight is 442 g/mol. The van der Waals surface area contributed by atoms with Gasteiger partial charge in [-0.25, -0.2) is 19.2 Å². The van der Waals surface area contributed by atoms with E-state index in [9.17, 15) is 4.21 Å². The molecule has 2 heterocycles. The number of rotatable bonds is 7. The van der Waals surface area contributed by atoms with Gasteiger partial charge in [0.25, 0.3) is 0 Å². The fraction of sp³-hybridized carbons (Fsp3) is 0.100. The lowest BCUT2D eigenvalue weighted by Crippen LogP contribution is -2.12. The van der Waals surface area contributed by atoms with E-state index < -0.39 is 9.71 Å². The fourth-order valence-corrected chi connectivity index (χ4v) is 4.02. The molecule has 0 saturated heterocycles. The lowest BCUT2D eigenvalue weighted by Gasteiger charge is -2.14. The van der Waals surface area contributed by atoms with E-state index in [2.05, 4.69) is 26.1 Å². The summed E-state index contributed by atoms with van der Waals surface area (Å²) in [6.07, 6.45) is 3.19. The second kappa shape index (κ2) is 8.27. The van der Waals surface area contributed by atoms with E-state index in [1.165, 1.54) is 17.7 Å². The molecule has 0 saturated carbocycles. The van der Waals surface area contributed by atoms with E-state index >= 15 is 0 Å². The first-order valence-electron chi connectivity index (χ1n) is 8.80. The van der Waals surface area contributed by atoms with Crippen LogP contribution >= 0.6 is 11.3 Å². The molecule has 8 nitrogen and oxygen atoms in total. The molecule has 4 aromatic rings. The topological polar surface area (TPSA) is 112 Å². The number of methoxy groups -OCH3 is 1. The summed E-state index contributed by atoms with van der Waals surface area (Å²) in [5.41, 5.74) is 1.50. The van der Waals surface area contributed by atoms with Crippen LogP contribution in [0.4, 0.5) is 10.9 Å². The third kappa shape index (κ3) is 4.35. The average Bonchev–Trinajstić information content (AvgIpc) is 3.24. The van der Waals surface area contributed by atoms with Crippen molar-refractivity contribution < 1.29 is 13.7 Å². The molecular weight excluding hydrogens is 422 g/mol. The van der Waals surface area contributed by atoms with Crippen molar-refractivity contribution in [1.29, 1.82) is 0 Å². The van der Waals surface area contributed by atoms with Gasteiger partial charge in [-0.3, -0.25) is 5.14 Å². The highest BCUT2D eigenvalue weighted by Gasteiger charge is 2.13. The molecule has 1 atom stereocenters. The maximum absolute atomic E-state index is 12.0. The SMILES string of the molecule is C=S(N)(=O)c1cccc(COc2cc3ncnc(Nc4nccs4)c3cc2OC)c1.